The molecule has 0 fully saturated rings. The van der Waals surface area contributed by atoms with Crippen LogP contribution in [0.5, 0.6) is 0 Å². The van der Waals surface area contributed by atoms with Crippen molar-refractivity contribution in [1.82, 2.24) is 25.6 Å². The van der Waals surface area contributed by atoms with E-state index >= 15 is 0 Å². The van der Waals surface area contributed by atoms with E-state index < -0.39 is 5.97 Å². The number of carboxylic acid groups (broad SMARTS) is 1. The van der Waals surface area contributed by atoms with Gasteiger partial charge < -0.3 is 5.11 Å². The van der Waals surface area contributed by atoms with Crippen LogP contribution in [0.15, 0.2) is 57.1 Å². The Morgan fingerprint density at radius 1 is 1.15 bits per heavy atom. The third-order valence-corrected chi connectivity index (χ3v) is 5.88. The summed E-state index contributed by atoms with van der Waals surface area (Å²) in [5.74, 6) is -0.610. The first kappa shape index (κ1) is 17.7. The second-order valence-corrected chi connectivity index (χ2v) is 7.94. The molecule has 10 heteroatoms. The molecule has 27 heavy (non-hydrogen) atoms. The number of carboxylic acids is 1. The van der Waals surface area contributed by atoms with Gasteiger partial charge in [-0.25, -0.2) is 9.78 Å². The van der Waals surface area contributed by atoms with Crippen LogP contribution < -0.4 is 0 Å². The van der Waals surface area contributed by atoms with E-state index in [1.54, 1.807) is 24.3 Å². The molecule has 2 heterocycles. The number of nitrogens with one attached hydrogen (secondary N) is 1. The zero-order chi connectivity index (χ0) is 18.8. The van der Waals surface area contributed by atoms with E-state index in [0.717, 1.165) is 15.6 Å². The molecule has 0 saturated carbocycles. The van der Waals surface area contributed by atoms with E-state index in [1.165, 1.54) is 29.2 Å². The monoisotopic (exact) mass is 415 g/mol. The molecule has 4 aromatic rings. The maximum absolute atomic E-state index is 11.6. The van der Waals surface area contributed by atoms with E-state index in [-0.39, 0.29) is 5.56 Å². The fraction of sp³-hybridized carbons (Fsp3) is 0. The van der Waals surface area contributed by atoms with Crippen molar-refractivity contribution in [2.45, 2.75) is 9.24 Å². The van der Waals surface area contributed by atoms with E-state index in [4.69, 9.17) is 11.6 Å². The van der Waals surface area contributed by atoms with Crippen molar-refractivity contribution in [2.75, 3.05) is 0 Å². The number of thiazole rings is 1. The lowest BCUT2D eigenvalue weighted by Gasteiger charge is -2.05. The minimum atomic E-state index is -1.01. The van der Waals surface area contributed by atoms with E-state index in [1.807, 2.05) is 17.5 Å². The summed E-state index contributed by atoms with van der Waals surface area (Å²) in [6.45, 7) is 0. The van der Waals surface area contributed by atoms with Crippen LogP contribution in [0, 0.1) is 0 Å². The van der Waals surface area contributed by atoms with Crippen molar-refractivity contribution in [3.05, 3.63) is 58.4 Å². The molecule has 0 saturated heterocycles. The van der Waals surface area contributed by atoms with Gasteiger partial charge in [-0.2, -0.15) is 5.21 Å². The Bertz CT molecular complexity index is 1100. The van der Waals surface area contributed by atoms with Gasteiger partial charge in [0.2, 0.25) is 5.82 Å². The number of nitrogens with zero attached hydrogens (tertiary/aromatic N) is 4. The number of hydrogen-bond donors (Lipinski definition) is 2. The molecule has 0 amide bonds. The van der Waals surface area contributed by atoms with Crippen LogP contribution in [-0.4, -0.2) is 36.7 Å². The number of aromatic amines is 1. The van der Waals surface area contributed by atoms with E-state index in [2.05, 4.69) is 25.6 Å². The Morgan fingerprint density at radius 3 is 2.63 bits per heavy atom. The Balaban J connectivity index is 1.66. The molecule has 2 aromatic heterocycles. The number of benzene rings is 2. The third kappa shape index (κ3) is 3.85. The molecule has 0 bridgehead atoms. The average Bonchev–Trinajstić information content (AvgIpc) is 3.34. The van der Waals surface area contributed by atoms with Crippen LogP contribution in [-0.2, 0) is 0 Å². The summed E-state index contributed by atoms with van der Waals surface area (Å²) < 4.78 is 0.729. The Hall–Kier alpha value is -2.75. The highest BCUT2D eigenvalue weighted by Gasteiger charge is 2.16. The number of tetrazole rings is 1. The summed E-state index contributed by atoms with van der Waals surface area (Å²) >= 11 is 8.65. The van der Waals surface area contributed by atoms with Crippen LogP contribution in [0.25, 0.3) is 22.6 Å². The molecule has 4 rings (SSSR count). The number of halogens is 1. The molecule has 2 aromatic carbocycles. The van der Waals surface area contributed by atoms with Gasteiger partial charge in [-0.1, -0.05) is 41.6 Å². The SMILES string of the molecule is O=C(O)c1ccc(-c2nn[nH]n2)cc1Sc1nc(-c2ccc(Cl)cc2)cs1. The second kappa shape index (κ2) is 7.47. The van der Waals surface area contributed by atoms with Gasteiger partial charge in [0.05, 0.1) is 11.3 Å². The van der Waals surface area contributed by atoms with Gasteiger partial charge in [0.15, 0.2) is 4.34 Å². The van der Waals surface area contributed by atoms with Crippen molar-refractivity contribution < 1.29 is 9.90 Å². The van der Waals surface area contributed by atoms with Crippen molar-refractivity contribution in [1.29, 1.82) is 0 Å². The molecule has 0 aliphatic heterocycles. The van der Waals surface area contributed by atoms with Crippen molar-refractivity contribution in [3.63, 3.8) is 0 Å². The molecule has 0 atom stereocenters. The topological polar surface area (TPSA) is 105 Å². The molecular weight excluding hydrogens is 406 g/mol. The molecule has 0 aliphatic rings. The van der Waals surface area contributed by atoms with Crippen molar-refractivity contribution in [2.24, 2.45) is 0 Å². The van der Waals surface area contributed by atoms with Gasteiger partial charge in [-0.15, -0.1) is 21.5 Å². The molecule has 7 nitrogen and oxygen atoms in total. The van der Waals surface area contributed by atoms with Crippen molar-refractivity contribution >= 4 is 40.7 Å². The molecule has 0 radical (unpaired) electrons. The summed E-state index contributed by atoms with van der Waals surface area (Å²) in [6, 6.07) is 12.3. The lowest BCUT2D eigenvalue weighted by atomic mass is 10.1. The molecule has 134 valence electrons. The molecule has 0 aliphatic carbocycles. The highest BCUT2D eigenvalue weighted by Crippen LogP contribution is 2.36. The fourth-order valence-corrected chi connectivity index (χ4v) is 4.43. The lowest BCUT2D eigenvalue weighted by molar-refractivity contribution is 0.0693. The maximum Gasteiger partial charge on any atom is 0.336 e. The van der Waals surface area contributed by atoms with Crippen LogP contribution in [0.1, 0.15) is 10.4 Å². The third-order valence-electron chi connectivity index (χ3n) is 3.64. The first-order valence-electron chi connectivity index (χ1n) is 7.60. The maximum atomic E-state index is 11.6. The van der Waals surface area contributed by atoms with Crippen LogP contribution in [0.3, 0.4) is 0 Å². The molecule has 0 unspecified atom stereocenters. The summed E-state index contributed by atoms with van der Waals surface area (Å²) in [7, 11) is 0. The number of H-pyrrole nitrogens is 1. The van der Waals surface area contributed by atoms with Crippen LogP contribution in [0.4, 0.5) is 0 Å². The van der Waals surface area contributed by atoms with Crippen molar-refractivity contribution in [3.8, 4) is 22.6 Å². The number of aromatic nitrogens is 5. The highest BCUT2D eigenvalue weighted by molar-refractivity contribution is 8.01. The predicted octanol–water partition coefficient (Wildman–Crippen LogP) is 4.49. The first-order chi connectivity index (χ1) is 13.1. The molecular formula is C17H10ClN5O2S2. The van der Waals surface area contributed by atoms with Gasteiger partial charge >= 0.3 is 5.97 Å². The summed E-state index contributed by atoms with van der Waals surface area (Å²) in [5.41, 5.74) is 2.62. The number of carbonyl (C=O) groups is 1. The smallest absolute Gasteiger partial charge is 0.336 e. The largest absolute Gasteiger partial charge is 0.478 e. The fourth-order valence-electron chi connectivity index (χ4n) is 2.36. The Kier molecular flexibility index (Phi) is 4.88. The predicted molar refractivity (Wildman–Crippen MR) is 103 cm³/mol. The van der Waals surface area contributed by atoms with Gasteiger partial charge in [-0.3, -0.25) is 0 Å². The molecule has 2 N–H and O–H groups in total. The second-order valence-electron chi connectivity index (χ2n) is 5.36. The number of rotatable bonds is 5. The van der Waals surface area contributed by atoms with E-state index in [9.17, 15) is 9.90 Å². The van der Waals surface area contributed by atoms with Gasteiger partial charge in [0.25, 0.3) is 0 Å². The summed E-state index contributed by atoms with van der Waals surface area (Å²) in [5, 5.41) is 25.9. The highest BCUT2D eigenvalue weighted by atomic mass is 35.5. The lowest BCUT2D eigenvalue weighted by Crippen LogP contribution is -1.99. The normalized spacial score (nSPS) is 10.9. The number of hydrogen-bond acceptors (Lipinski definition) is 7. The number of aromatic carboxylic acids is 1. The standard InChI is InChI=1S/C17H10ClN5O2S2/c18-11-4-1-9(2-5-11)13-8-26-17(19-13)27-14-7-10(15-20-22-23-21-15)3-6-12(14)16(24)25/h1-8H,(H,24,25)(H,20,21,22,23). The van der Waals surface area contributed by atoms with Crippen LogP contribution in [0.2, 0.25) is 5.02 Å². The van der Waals surface area contributed by atoms with E-state index in [0.29, 0.717) is 21.3 Å². The average molecular weight is 416 g/mol. The zero-order valence-electron chi connectivity index (χ0n) is 13.5. The zero-order valence-corrected chi connectivity index (χ0v) is 15.8. The summed E-state index contributed by atoms with van der Waals surface area (Å²) in [4.78, 5) is 16.7. The summed E-state index contributed by atoms with van der Waals surface area (Å²) in [6.07, 6.45) is 0. The molecule has 0 spiro atoms. The first-order valence-corrected chi connectivity index (χ1v) is 9.68. The Morgan fingerprint density at radius 2 is 1.93 bits per heavy atom. The minimum absolute atomic E-state index is 0.190. The Labute approximate surface area is 166 Å². The van der Waals surface area contributed by atoms with Crippen LogP contribution >= 0.6 is 34.7 Å². The van der Waals surface area contributed by atoms with Gasteiger partial charge in [0.1, 0.15) is 0 Å². The van der Waals surface area contributed by atoms with Gasteiger partial charge in [-0.05, 0) is 29.5 Å². The quantitative estimate of drug-likeness (QED) is 0.494. The van der Waals surface area contributed by atoms with Gasteiger partial charge in [0, 0.05) is 26.4 Å². The minimum Gasteiger partial charge on any atom is -0.478 e.